The van der Waals surface area contributed by atoms with Crippen LogP contribution in [0.3, 0.4) is 0 Å². The third-order valence-electron chi connectivity index (χ3n) is 2.47. The van der Waals surface area contributed by atoms with Gasteiger partial charge in [-0.05, 0) is 52.1 Å². The molecule has 0 radical (unpaired) electrons. The van der Waals surface area contributed by atoms with Gasteiger partial charge in [0.15, 0.2) is 10.2 Å². The van der Waals surface area contributed by atoms with Gasteiger partial charge in [-0.3, -0.25) is 0 Å². The van der Waals surface area contributed by atoms with Gasteiger partial charge in [-0.25, -0.2) is 10.0 Å². The lowest BCUT2D eigenvalue weighted by Gasteiger charge is -2.33. The molecule has 0 aromatic rings. The minimum atomic E-state index is -0.241. The van der Waals surface area contributed by atoms with Crippen molar-refractivity contribution in [3.05, 3.63) is 0 Å². The van der Waals surface area contributed by atoms with Crippen molar-refractivity contribution in [2.45, 2.75) is 39.0 Å². The number of fused-ring (bicyclic) bond motifs is 1. The second kappa shape index (κ2) is 2.49. The summed E-state index contributed by atoms with van der Waals surface area (Å²) in [5.41, 5.74) is -0.482. The molecule has 14 heavy (non-hydrogen) atoms. The first-order valence-corrected chi connectivity index (χ1v) is 5.32. The van der Waals surface area contributed by atoms with Gasteiger partial charge in [0.1, 0.15) is 11.3 Å². The first-order valence-electron chi connectivity index (χ1n) is 4.50. The number of nitrogens with zero attached hydrogens (tertiary/aromatic N) is 2. The molecule has 0 atom stereocenters. The molecule has 0 aromatic carbocycles. The van der Waals surface area contributed by atoms with Crippen LogP contribution < -0.4 is 10.6 Å². The van der Waals surface area contributed by atoms with Gasteiger partial charge >= 0.3 is 0 Å². The summed E-state index contributed by atoms with van der Waals surface area (Å²) < 4.78 is 0. The Balaban J connectivity index is 2.46. The van der Waals surface area contributed by atoms with Crippen LogP contribution >= 0.6 is 24.4 Å². The summed E-state index contributed by atoms with van der Waals surface area (Å²) in [6.07, 6.45) is 0. The molecular weight excluding hydrogens is 216 g/mol. The molecule has 2 aliphatic heterocycles. The molecular formula is C8H14N4S2. The number of thiocarbonyl (C=S) groups is 2. The van der Waals surface area contributed by atoms with Crippen molar-refractivity contribution in [3.63, 3.8) is 0 Å². The molecule has 78 valence electrons. The van der Waals surface area contributed by atoms with Crippen LogP contribution in [-0.4, -0.2) is 31.6 Å². The summed E-state index contributed by atoms with van der Waals surface area (Å²) >= 11 is 10.6. The molecule has 4 nitrogen and oxygen atoms in total. The minimum absolute atomic E-state index is 0.241. The second-order valence-electron chi connectivity index (χ2n) is 4.60. The molecule has 0 aliphatic carbocycles. The monoisotopic (exact) mass is 230 g/mol. The van der Waals surface area contributed by atoms with Crippen molar-refractivity contribution >= 4 is 34.7 Å². The van der Waals surface area contributed by atoms with Crippen molar-refractivity contribution < 1.29 is 0 Å². The van der Waals surface area contributed by atoms with Gasteiger partial charge in [-0.2, -0.15) is 0 Å². The number of rotatable bonds is 0. The maximum Gasteiger partial charge on any atom is 0.192 e. The van der Waals surface area contributed by atoms with E-state index in [1.165, 1.54) is 0 Å². The molecule has 2 fully saturated rings. The first kappa shape index (κ1) is 9.92. The SMILES string of the molecule is CC1(C)NC(=S)N2N1C(=S)NC2(C)C. The average molecular weight is 230 g/mol. The number of hydrogen-bond acceptors (Lipinski definition) is 2. The summed E-state index contributed by atoms with van der Waals surface area (Å²) in [7, 11) is 0. The van der Waals surface area contributed by atoms with Crippen molar-refractivity contribution in [2.75, 3.05) is 0 Å². The molecule has 0 amide bonds. The molecule has 2 saturated heterocycles. The largest absolute Gasteiger partial charge is 0.337 e. The molecule has 6 heteroatoms. The molecule has 0 saturated carbocycles. The highest BCUT2D eigenvalue weighted by Crippen LogP contribution is 2.32. The standard InChI is InChI=1S/C8H14N4S2/c1-7(2)9-5(13)12-8(3,4)10-6(14)11(7)12/h1-4H3,(H,9,13)(H,10,14). The maximum atomic E-state index is 5.28. The van der Waals surface area contributed by atoms with E-state index in [9.17, 15) is 0 Å². The average Bonchev–Trinajstić information content (AvgIpc) is 2.31. The summed E-state index contributed by atoms with van der Waals surface area (Å²) in [5.74, 6) is 0. The minimum Gasteiger partial charge on any atom is -0.337 e. The van der Waals surface area contributed by atoms with Gasteiger partial charge in [0.25, 0.3) is 0 Å². The summed E-state index contributed by atoms with van der Waals surface area (Å²) in [5, 5.41) is 11.9. The van der Waals surface area contributed by atoms with E-state index in [0.29, 0.717) is 10.2 Å². The Hall–Kier alpha value is -0.620. The molecule has 0 aromatic heterocycles. The summed E-state index contributed by atoms with van der Waals surface area (Å²) in [6.45, 7) is 8.20. The molecule has 2 N–H and O–H groups in total. The third-order valence-corrected chi connectivity index (χ3v) is 3.02. The molecule has 2 heterocycles. The Morgan fingerprint density at radius 2 is 1.14 bits per heavy atom. The van der Waals surface area contributed by atoms with E-state index >= 15 is 0 Å². The van der Waals surface area contributed by atoms with Gasteiger partial charge in [0.05, 0.1) is 0 Å². The van der Waals surface area contributed by atoms with Gasteiger partial charge in [-0.1, -0.05) is 0 Å². The van der Waals surface area contributed by atoms with E-state index in [1.807, 2.05) is 10.0 Å². The van der Waals surface area contributed by atoms with Crippen LogP contribution in [0.5, 0.6) is 0 Å². The Bertz CT molecular complexity index is 291. The predicted molar refractivity (Wildman–Crippen MR) is 63.3 cm³/mol. The Kier molecular flexibility index (Phi) is 1.76. The van der Waals surface area contributed by atoms with Gasteiger partial charge < -0.3 is 10.6 Å². The van der Waals surface area contributed by atoms with Crippen molar-refractivity contribution in [1.82, 2.24) is 20.7 Å². The van der Waals surface area contributed by atoms with Crippen molar-refractivity contribution in [1.29, 1.82) is 0 Å². The van der Waals surface area contributed by atoms with Crippen LogP contribution in [0, 0.1) is 0 Å². The van der Waals surface area contributed by atoms with Crippen LogP contribution in [0.4, 0.5) is 0 Å². The van der Waals surface area contributed by atoms with Crippen molar-refractivity contribution in [2.24, 2.45) is 0 Å². The van der Waals surface area contributed by atoms with Gasteiger partial charge in [-0.15, -0.1) is 0 Å². The van der Waals surface area contributed by atoms with Crippen LogP contribution in [0.1, 0.15) is 27.7 Å². The van der Waals surface area contributed by atoms with E-state index in [0.717, 1.165) is 0 Å². The highest BCUT2D eigenvalue weighted by Gasteiger charge is 2.53. The van der Waals surface area contributed by atoms with E-state index in [-0.39, 0.29) is 11.3 Å². The van der Waals surface area contributed by atoms with Crippen molar-refractivity contribution in [3.8, 4) is 0 Å². The van der Waals surface area contributed by atoms with Crippen LogP contribution in [0.15, 0.2) is 0 Å². The fraction of sp³-hybridized carbons (Fsp3) is 0.750. The lowest BCUT2D eigenvalue weighted by molar-refractivity contribution is 0.0324. The zero-order valence-corrected chi connectivity index (χ0v) is 10.3. The van der Waals surface area contributed by atoms with E-state index in [1.54, 1.807) is 0 Å². The smallest absolute Gasteiger partial charge is 0.192 e. The van der Waals surface area contributed by atoms with Gasteiger partial charge in [0.2, 0.25) is 0 Å². The third kappa shape index (κ3) is 1.10. The summed E-state index contributed by atoms with van der Waals surface area (Å²) in [6, 6.07) is 0. The van der Waals surface area contributed by atoms with E-state index in [4.69, 9.17) is 24.4 Å². The maximum absolute atomic E-state index is 5.28. The topological polar surface area (TPSA) is 30.5 Å². The lowest BCUT2D eigenvalue weighted by Crippen LogP contribution is -2.50. The van der Waals surface area contributed by atoms with Crippen LogP contribution in [0.25, 0.3) is 0 Å². The fourth-order valence-electron chi connectivity index (χ4n) is 1.92. The Labute approximate surface area is 94.6 Å². The fourth-order valence-corrected chi connectivity index (χ4v) is 3.04. The van der Waals surface area contributed by atoms with E-state index in [2.05, 4.69) is 38.3 Å². The Morgan fingerprint density at radius 1 is 0.857 bits per heavy atom. The highest BCUT2D eigenvalue weighted by atomic mass is 32.1. The normalized spacial score (nSPS) is 27.4. The van der Waals surface area contributed by atoms with Crippen LogP contribution in [-0.2, 0) is 0 Å². The van der Waals surface area contributed by atoms with E-state index < -0.39 is 0 Å². The zero-order valence-electron chi connectivity index (χ0n) is 8.71. The lowest BCUT2D eigenvalue weighted by atomic mass is 10.2. The van der Waals surface area contributed by atoms with Gasteiger partial charge in [0, 0.05) is 0 Å². The number of nitrogens with one attached hydrogen (secondary N) is 2. The first-order chi connectivity index (χ1) is 6.26. The molecule has 0 spiro atoms. The molecule has 2 aliphatic rings. The Morgan fingerprint density at radius 3 is 1.43 bits per heavy atom. The molecule has 2 rings (SSSR count). The number of hydrazine groups is 1. The van der Waals surface area contributed by atoms with Crippen LogP contribution in [0.2, 0.25) is 0 Å². The number of hydrogen-bond donors (Lipinski definition) is 2. The quantitative estimate of drug-likeness (QED) is 0.597. The molecule has 0 bridgehead atoms. The summed E-state index contributed by atoms with van der Waals surface area (Å²) in [4.78, 5) is 0. The molecule has 0 unspecified atom stereocenters. The zero-order chi connectivity index (χ0) is 10.7. The highest BCUT2D eigenvalue weighted by molar-refractivity contribution is 7.80. The second-order valence-corrected chi connectivity index (χ2v) is 5.38. The predicted octanol–water partition coefficient (Wildman–Crippen LogP) is 0.754.